The number of nitrogens with zero attached hydrogens (tertiary/aromatic N) is 4. The fourth-order valence-electron chi connectivity index (χ4n) is 1.77. The topological polar surface area (TPSA) is 45.5 Å². The number of guanidine groups is 1. The van der Waals surface area contributed by atoms with Crippen LogP contribution >= 0.6 is 24.0 Å². The van der Waals surface area contributed by atoms with E-state index < -0.39 is 0 Å². The van der Waals surface area contributed by atoms with Crippen molar-refractivity contribution >= 4 is 29.9 Å². The van der Waals surface area contributed by atoms with Crippen LogP contribution in [0.5, 0.6) is 0 Å². The molecule has 0 amide bonds. The highest BCUT2D eigenvalue weighted by Crippen LogP contribution is 2.00. The van der Waals surface area contributed by atoms with Gasteiger partial charge in [-0.2, -0.15) is 5.10 Å². The molecule has 0 unspecified atom stereocenters. The summed E-state index contributed by atoms with van der Waals surface area (Å²) < 4.78 is 1.80. The minimum atomic E-state index is 0. The third-order valence-corrected chi connectivity index (χ3v) is 2.77. The van der Waals surface area contributed by atoms with Gasteiger partial charge in [-0.25, -0.2) is 4.99 Å². The number of halogens is 1. The van der Waals surface area contributed by atoms with Crippen LogP contribution in [0, 0.1) is 0 Å². The van der Waals surface area contributed by atoms with E-state index in [1.165, 1.54) is 0 Å². The number of aliphatic imine (C=N–C) groups is 1. The summed E-state index contributed by atoms with van der Waals surface area (Å²) in [5.41, 5.74) is 1.12. The second-order valence-corrected chi connectivity index (χ2v) is 4.54. The van der Waals surface area contributed by atoms with E-state index in [0.29, 0.717) is 6.54 Å². The summed E-state index contributed by atoms with van der Waals surface area (Å²) in [4.78, 5) is 6.78. The van der Waals surface area contributed by atoms with Gasteiger partial charge in [-0.1, -0.05) is 6.08 Å². The van der Waals surface area contributed by atoms with Crippen molar-refractivity contribution in [2.24, 2.45) is 12.0 Å². The molecule has 0 aromatic carbocycles. The van der Waals surface area contributed by atoms with Gasteiger partial charge >= 0.3 is 0 Å². The molecule has 0 saturated carbocycles. The van der Waals surface area contributed by atoms with Crippen LogP contribution in [0.15, 0.2) is 30.0 Å². The first-order valence-electron chi connectivity index (χ1n) is 6.75. The first-order chi connectivity index (χ1) is 9.17. The zero-order chi connectivity index (χ0) is 14.1. The first-order valence-corrected chi connectivity index (χ1v) is 6.75. The smallest absolute Gasteiger partial charge is 0.193 e. The van der Waals surface area contributed by atoms with Crippen LogP contribution in [0.3, 0.4) is 0 Å². The Bertz CT molecular complexity index is 413. The lowest BCUT2D eigenvalue weighted by atomic mass is 10.3. The van der Waals surface area contributed by atoms with Gasteiger partial charge in [0, 0.05) is 38.9 Å². The molecule has 0 aliphatic heterocycles. The normalized spacial score (nSPS) is 10.8. The predicted octanol–water partition coefficient (Wildman–Crippen LogP) is 2.40. The Labute approximate surface area is 139 Å². The molecule has 5 nitrogen and oxygen atoms in total. The second kappa shape index (κ2) is 10.7. The van der Waals surface area contributed by atoms with Gasteiger partial charge in [0.15, 0.2) is 5.96 Å². The Morgan fingerprint density at radius 2 is 2.35 bits per heavy atom. The van der Waals surface area contributed by atoms with Gasteiger partial charge in [-0.3, -0.25) is 4.68 Å². The summed E-state index contributed by atoms with van der Waals surface area (Å²) in [5, 5.41) is 7.46. The lowest BCUT2D eigenvalue weighted by molar-refractivity contribution is 0.470. The zero-order valence-electron chi connectivity index (χ0n) is 12.7. The molecule has 6 heteroatoms. The van der Waals surface area contributed by atoms with Gasteiger partial charge in [0.25, 0.3) is 0 Å². The van der Waals surface area contributed by atoms with Crippen molar-refractivity contribution in [2.45, 2.75) is 26.3 Å². The average molecular weight is 391 g/mol. The number of aryl methyl sites for hydroxylation is 1. The van der Waals surface area contributed by atoms with Crippen LogP contribution in [-0.4, -0.2) is 40.8 Å². The Balaban J connectivity index is 0.00000361. The standard InChI is InChI=1S/C14H25N5.HI/c1-5-7-8-9-18(3)14(15-6-2)16-10-13-11-17-19(4)12-13;/h5,11-12H,1,6-10H2,2-4H3,(H,15,16);1H. The van der Waals surface area contributed by atoms with Crippen LogP contribution in [0.25, 0.3) is 0 Å². The molecule has 0 aliphatic carbocycles. The quantitative estimate of drug-likeness (QED) is 0.255. The maximum absolute atomic E-state index is 4.63. The van der Waals surface area contributed by atoms with Gasteiger partial charge in [0.2, 0.25) is 0 Å². The van der Waals surface area contributed by atoms with Crippen LogP contribution in [-0.2, 0) is 13.6 Å². The number of hydrogen-bond donors (Lipinski definition) is 1. The SMILES string of the molecule is C=CCCCN(C)C(=NCc1cnn(C)c1)NCC.I. The third kappa shape index (κ3) is 6.93. The van der Waals surface area contributed by atoms with E-state index in [9.17, 15) is 0 Å². The van der Waals surface area contributed by atoms with Crippen molar-refractivity contribution in [3.8, 4) is 0 Å². The van der Waals surface area contributed by atoms with E-state index >= 15 is 0 Å². The molecule has 1 aromatic heterocycles. The Morgan fingerprint density at radius 1 is 1.60 bits per heavy atom. The summed E-state index contributed by atoms with van der Waals surface area (Å²) in [7, 11) is 3.98. The molecule has 0 radical (unpaired) electrons. The highest BCUT2D eigenvalue weighted by Gasteiger charge is 2.05. The van der Waals surface area contributed by atoms with E-state index in [1.807, 2.05) is 25.5 Å². The van der Waals surface area contributed by atoms with Crippen molar-refractivity contribution in [2.75, 3.05) is 20.1 Å². The third-order valence-electron chi connectivity index (χ3n) is 2.77. The lowest BCUT2D eigenvalue weighted by Crippen LogP contribution is -2.39. The number of hydrogen-bond acceptors (Lipinski definition) is 2. The molecule has 1 aromatic rings. The van der Waals surface area contributed by atoms with Gasteiger partial charge in [-0.15, -0.1) is 30.6 Å². The molecule has 0 saturated heterocycles. The Kier molecular flexibility index (Phi) is 10.1. The van der Waals surface area contributed by atoms with E-state index in [2.05, 4.69) is 40.9 Å². The van der Waals surface area contributed by atoms with Crippen LogP contribution in [0.2, 0.25) is 0 Å². The molecular formula is C14H26IN5. The predicted molar refractivity (Wildman–Crippen MR) is 95.5 cm³/mol. The summed E-state index contributed by atoms with van der Waals surface area (Å²) in [6.45, 7) is 8.33. The summed E-state index contributed by atoms with van der Waals surface area (Å²) in [6, 6.07) is 0. The van der Waals surface area contributed by atoms with Crippen LogP contribution in [0.1, 0.15) is 25.3 Å². The van der Waals surface area contributed by atoms with Crippen LogP contribution < -0.4 is 5.32 Å². The van der Waals surface area contributed by atoms with E-state index in [-0.39, 0.29) is 24.0 Å². The molecular weight excluding hydrogens is 365 g/mol. The first kappa shape index (κ1) is 18.9. The fourth-order valence-corrected chi connectivity index (χ4v) is 1.77. The molecule has 114 valence electrons. The molecule has 0 atom stereocenters. The number of allylic oxidation sites excluding steroid dienone is 1. The van der Waals surface area contributed by atoms with E-state index in [4.69, 9.17) is 0 Å². The van der Waals surface area contributed by atoms with Crippen LogP contribution in [0.4, 0.5) is 0 Å². The number of nitrogens with one attached hydrogen (secondary N) is 1. The van der Waals surface area contributed by atoms with Crippen molar-refractivity contribution in [1.82, 2.24) is 20.0 Å². The molecule has 0 fully saturated rings. The van der Waals surface area contributed by atoms with Gasteiger partial charge in [-0.05, 0) is 19.8 Å². The number of aromatic nitrogens is 2. The van der Waals surface area contributed by atoms with Gasteiger partial charge < -0.3 is 10.2 Å². The van der Waals surface area contributed by atoms with E-state index in [1.54, 1.807) is 4.68 Å². The maximum Gasteiger partial charge on any atom is 0.193 e. The van der Waals surface area contributed by atoms with Gasteiger partial charge in [0.1, 0.15) is 0 Å². The molecule has 1 N–H and O–H groups in total. The minimum absolute atomic E-state index is 0. The highest BCUT2D eigenvalue weighted by molar-refractivity contribution is 14.0. The monoisotopic (exact) mass is 391 g/mol. The van der Waals surface area contributed by atoms with Crippen molar-refractivity contribution in [3.05, 3.63) is 30.6 Å². The lowest BCUT2D eigenvalue weighted by Gasteiger charge is -2.21. The van der Waals surface area contributed by atoms with Crippen molar-refractivity contribution < 1.29 is 0 Å². The maximum atomic E-state index is 4.63. The van der Waals surface area contributed by atoms with Crippen molar-refractivity contribution in [1.29, 1.82) is 0 Å². The summed E-state index contributed by atoms with van der Waals surface area (Å²) in [5.74, 6) is 0.940. The summed E-state index contributed by atoms with van der Waals surface area (Å²) >= 11 is 0. The average Bonchev–Trinajstić information content (AvgIpc) is 2.80. The molecule has 1 rings (SSSR count). The van der Waals surface area contributed by atoms with Gasteiger partial charge in [0.05, 0.1) is 12.7 Å². The molecule has 0 aliphatic rings. The fraction of sp³-hybridized carbons (Fsp3) is 0.571. The number of rotatable bonds is 7. The summed E-state index contributed by atoms with van der Waals surface area (Å²) in [6.07, 6.45) is 7.92. The van der Waals surface area contributed by atoms with Crippen molar-refractivity contribution in [3.63, 3.8) is 0 Å². The zero-order valence-corrected chi connectivity index (χ0v) is 15.0. The molecule has 20 heavy (non-hydrogen) atoms. The molecule has 0 spiro atoms. The Morgan fingerprint density at radius 3 is 2.90 bits per heavy atom. The largest absolute Gasteiger partial charge is 0.357 e. The Hall–Kier alpha value is -1.05. The second-order valence-electron chi connectivity index (χ2n) is 4.54. The highest BCUT2D eigenvalue weighted by atomic mass is 127. The minimum Gasteiger partial charge on any atom is -0.357 e. The van der Waals surface area contributed by atoms with E-state index in [0.717, 1.165) is 37.5 Å². The number of unbranched alkanes of at least 4 members (excludes halogenated alkanes) is 1. The molecule has 1 heterocycles. The molecule has 0 bridgehead atoms.